The molecule has 2 heteroatoms. The molecule has 0 spiro atoms. The molecule has 0 aliphatic carbocycles. The summed E-state index contributed by atoms with van der Waals surface area (Å²) in [6, 6.07) is 1.68. The third-order valence-electron chi connectivity index (χ3n) is 2.68. The lowest BCUT2D eigenvalue weighted by atomic mass is 10.2. The zero-order chi connectivity index (χ0) is 7.14. The summed E-state index contributed by atoms with van der Waals surface area (Å²) in [5.41, 5.74) is 0. The van der Waals surface area contributed by atoms with Gasteiger partial charge in [-0.1, -0.05) is 0 Å². The average molecular weight is 140 g/mol. The molecule has 2 saturated heterocycles. The van der Waals surface area contributed by atoms with Crippen molar-refractivity contribution in [3.8, 4) is 0 Å². The average Bonchev–Trinajstić information content (AvgIpc) is 2.63. The summed E-state index contributed by atoms with van der Waals surface area (Å²) in [5, 5.41) is 0. The molecule has 0 bridgehead atoms. The lowest BCUT2D eigenvalue weighted by Gasteiger charge is -2.29. The van der Waals surface area contributed by atoms with E-state index in [0.717, 1.165) is 12.1 Å². The van der Waals surface area contributed by atoms with Crippen molar-refractivity contribution in [3.63, 3.8) is 0 Å². The van der Waals surface area contributed by atoms with Gasteiger partial charge in [0.05, 0.1) is 0 Å². The molecule has 2 nitrogen and oxygen atoms in total. The molecule has 2 unspecified atom stereocenters. The maximum absolute atomic E-state index is 2.58. The van der Waals surface area contributed by atoms with E-state index < -0.39 is 0 Å². The quantitative estimate of drug-likeness (QED) is 0.486. The molecule has 2 atom stereocenters. The minimum absolute atomic E-state index is 0.753. The van der Waals surface area contributed by atoms with Gasteiger partial charge in [-0.05, 0) is 13.8 Å². The molecule has 2 fully saturated rings. The Morgan fingerprint density at radius 2 is 2.00 bits per heavy atom. The van der Waals surface area contributed by atoms with Gasteiger partial charge in [0.15, 0.2) is 0 Å². The Labute approximate surface area is 62.8 Å². The number of piperazine rings is 1. The molecular formula is C8H16N2. The number of fused-ring (bicyclic) bond motifs is 1. The normalized spacial score (nSPS) is 39.9. The van der Waals surface area contributed by atoms with Crippen LogP contribution in [0, 0.1) is 0 Å². The minimum Gasteiger partial charge on any atom is -0.298 e. The summed E-state index contributed by atoms with van der Waals surface area (Å²) in [4.78, 5) is 5.13. The molecule has 0 amide bonds. The van der Waals surface area contributed by atoms with Crippen molar-refractivity contribution in [1.29, 1.82) is 0 Å². The topological polar surface area (TPSA) is 6.25 Å². The van der Waals surface area contributed by atoms with Crippen LogP contribution in [0.3, 0.4) is 0 Å². The summed E-state index contributed by atoms with van der Waals surface area (Å²) in [7, 11) is 0. The smallest absolute Gasteiger partial charge is 0.0351 e. The summed E-state index contributed by atoms with van der Waals surface area (Å²) in [6.07, 6.45) is 0. The SMILES string of the molecule is CC(C)N1CCN2CC2C1. The van der Waals surface area contributed by atoms with Crippen LogP contribution in [0.5, 0.6) is 0 Å². The molecule has 2 heterocycles. The van der Waals surface area contributed by atoms with Crippen LogP contribution in [0.2, 0.25) is 0 Å². The van der Waals surface area contributed by atoms with E-state index in [1.807, 2.05) is 0 Å². The molecule has 0 aromatic rings. The Kier molecular flexibility index (Phi) is 1.46. The zero-order valence-electron chi connectivity index (χ0n) is 6.88. The van der Waals surface area contributed by atoms with Gasteiger partial charge in [-0.15, -0.1) is 0 Å². The predicted molar refractivity (Wildman–Crippen MR) is 42.1 cm³/mol. The Bertz CT molecular complexity index is 133. The molecule has 2 rings (SSSR count). The fourth-order valence-corrected chi connectivity index (χ4v) is 1.76. The summed E-state index contributed by atoms with van der Waals surface area (Å²) >= 11 is 0. The van der Waals surface area contributed by atoms with E-state index in [-0.39, 0.29) is 0 Å². The van der Waals surface area contributed by atoms with Crippen LogP contribution in [0.1, 0.15) is 13.8 Å². The van der Waals surface area contributed by atoms with Crippen LogP contribution in [0.15, 0.2) is 0 Å². The third kappa shape index (κ3) is 1.06. The highest BCUT2D eigenvalue weighted by Crippen LogP contribution is 2.23. The summed E-state index contributed by atoms with van der Waals surface area (Å²) < 4.78 is 0. The van der Waals surface area contributed by atoms with Crippen molar-refractivity contribution in [1.82, 2.24) is 9.80 Å². The van der Waals surface area contributed by atoms with E-state index in [1.54, 1.807) is 0 Å². The molecule has 58 valence electrons. The third-order valence-corrected chi connectivity index (χ3v) is 2.68. The van der Waals surface area contributed by atoms with Gasteiger partial charge in [0.25, 0.3) is 0 Å². The second-order valence-electron chi connectivity index (χ2n) is 3.74. The van der Waals surface area contributed by atoms with Gasteiger partial charge < -0.3 is 0 Å². The maximum Gasteiger partial charge on any atom is 0.0351 e. The lowest BCUT2D eigenvalue weighted by molar-refractivity contribution is 0.171. The zero-order valence-corrected chi connectivity index (χ0v) is 6.88. The van der Waals surface area contributed by atoms with E-state index in [4.69, 9.17) is 0 Å². The summed E-state index contributed by atoms with van der Waals surface area (Å²) in [6.45, 7) is 9.86. The first kappa shape index (κ1) is 6.62. The number of nitrogens with zero attached hydrogens (tertiary/aromatic N) is 2. The highest BCUT2D eigenvalue weighted by atomic mass is 15.4. The number of rotatable bonds is 1. The van der Waals surface area contributed by atoms with Crippen LogP contribution in [-0.4, -0.2) is 48.1 Å². The first-order chi connectivity index (χ1) is 4.77. The number of hydrogen-bond acceptors (Lipinski definition) is 2. The first-order valence-electron chi connectivity index (χ1n) is 4.25. The van der Waals surface area contributed by atoms with Crippen LogP contribution < -0.4 is 0 Å². The molecular weight excluding hydrogens is 124 g/mol. The van der Waals surface area contributed by atoms with Gasteiger partial charge in [0, 0.05) is 38.3 Å². The Morgan fingerprint density at radius 3 is 2.60 bits per heavy atom. The lowest BCUT2D eigenvalue weighted by Crippen LogP contribution is -2.42. The molecule has 0 radical (unpaired) electrons. The molecule has 2 aliphatic heterocycles. The van der Waals surface area contributed by atoms with Gasteiger partial charge in [-0.2, -0.15) is 0 Å². The van der Waals surface area contributed by atoms with Gasteiger partial charge >= 0.3 is 0 Å². The maximum atomic E-state index is 2.58. The van der Waals surface area contributed by atoms with Gasteiger partial charge in [0.1, 0.15) is 0 Å². The van der Waals surface area contributed by atoms with Crippen molar-refractivity contribution in [2.75, 3.05) is 26.2 Å². The Balaban J connectivity index is 1.88. The second kappa shape index (κ2) is 2.21. The van der Waals surface area contributed by atoms with E-state index in [2.05, 4.69) is 23.6 Å². The van der Waals surface area contributed by atoms with Crippen molar-refractivity contribution >= 4 is 0 Å². The van der Waals surface area contributed by atoms with Crippen molar-refractivity contribution in [2.24, 2.45) is 0 Å². The van der Waals surface area contributed by atoms with E-state index in [0.29, 0.717) is 0 Å². The van der Waals surface area contributed by atoms with Crippen molar-refractivity contribution < 1.29 is 0 Å². The summed E-state index contributed by atoms with van der Waals surface area (Å²) in [5.74, 6) is 0. The van der Waals surface area contributed by atoms with Crippen LogP contribution in [0.4, 0.5) is 0 Å². The largest absolute Gasteiger partial charge is 0.298 e. The fraction of sp³-hybridized carbons (Fsp3) is 1.00. The van der Waals surface area contributed by atoms with Gasteiger partial charge in [-0.3, -0.25) is 9.80 Å². The van der Waals surface area contributed by atoms with Crippen molar-refractivity contribution in [2.45, 2.75) is 25.9 Å². The monoisotopic (exact) mass is 140 g/mol. The van der Waals surface area contributed by atoms with Crippen LogP contribution in [-0.2, 0) is 0 Å². The van der Waals surface area contributed by atoms with Gasteiger partial charge in [0.2, 0.25) is 0 Å². The highest BCUT2D eigenvalue weighted by Gasteiger charge is 2.39. The van der Waals surface area contributed by atoms with Gasteiger partial charge in [-0.25, -0.2) is 0 Å². The fourth-order valence-electron chi connectivity index (χ4n) is 1.76. The Morgan fingerprint density at radius 1 is 1.20 bits per heavy atom. The molecule has 0 aromatic carbocycles. The molecule has 0 saturated carbocycles. The molecule has 2 aliphatic rings. The van der Waals surface area contributed by atoms with E-state index in [9.17, 15) is 0 Å². The second-order valence-corrected chi connectivity index (χ2v) is 3.74. The number of hydrogen-bond donors (Lipinski definition) is 0. The van der Waals surface area contributed by atoms with Crippen molar-refractivity contribution in [3.05, 3.63) is 0 Å². The molecule has 10 heavy (non-hydrogen) atoms. The minimum atomic E-state index is 0.753. The van der Waals surface area contributed by atoms with Crippen LogP contribution in [0.25, 0.3) is 0 Å². The molecule has 0 N–H and O–H groups in total. The first-order valence-corrected chi connectivity index (χ1v) is 4.25. The molecule has 0 aromatic heterocycles. The van der Waals surface area contributed by atoms with Crippen LogP contribution >= 0.6 is 0 Å². The standard InChI is InChI=1S/C8H16N2/c1-7(2)9-3-4-10-6-8(10)5-9/h7-8H,3-6H2,1-2H3. The van der Waals surface area contributed by atoms with E-state index in [1.165, 1.54) is 26.2 Å². The van der Waals surface area contributed by atoms with E-state index >= 15 is 0 Å². The Hall–Kier alpha value is -0.0800. The highest BCUT2D eigenvalue weighted by molar-refractivity contribution is 4.96. The predicted octanol–water partition coefficient (Wildman–Crippen LogP) is 0.395.